The number of rotatable bonds is 5. The summed E-state index contributed by atoms with van der Waals surface area (Å²) in [6.45, 7) is 2.24. The number of halogens is 3. The van der Waals surface area contributed by atoms with Crippen LogP contribution in [0.25, 0.3) is 0 Å². The van der Waals surface area contributed by atoms with Crippen LogP contribution < -0.4 is 5.73 Å². The molecule has 0 amide bonds. The summed E-state index contributed by atoms with van der Waals surface area (Å²) in [5.74, 6) is 0.762. The molecule has 1 rings (SSSR count). The number of thioether (sulfide) groups is 1. The molecule has 0 aromatic carbocycles. The molecule has 1 aromatic rings. The molecule has 0 fully saturated rings. The lowest BCUT2D eigenvalue weighted by atomic mass is 10.2. The highest BCUT2D eigenvalue weighted by Gasteiger charge is 2.32. The highest BCUT2D eigenvalue weighted by molar-refractivity contribution is 7.99. The summed E-state index contributed by atoms with van der Waals surface area (Å²) in [4.78, 5) is 3.64. The first-order valence-electron chi connectivity index (χ1n) is 5.39. The van der Waals surface area contributed by atoms with E-state index in [0.29, 0.717) is 10.6 Å². The number of nitrogens with zero attached hydrogens (tertiary/aromatic N) is 1. The maximum atomic E-state index is 12.5. The van der Waals surface area contributed by atoms with Gasteiger partial charge in [-0.05, 0) is 23.8 Å². The number of aromatic nitrogens is 1. The molecule has 2 nitrogen and oxygen atoms in total. The topological polar surface area (TPSA) is 38.9 Å². The van der Waals surface area contributed by atoms with E-state index in [2.05, 4.69) is 4.98 Å². The largest absolute Gasteiger partial charge is 0.433 e. The van der Waals surface area contributed by atoms with Gasteiger partial charge in [-0.15, -0.1) is 11.8 Å². The van der Waals surface area contributed by atoms with E-state index in [1.165, 1.54) is 17.8 Å². The second-order valence-electron chi connectivity index (χ2n) is 3.56. The number of hydrogen-bond acceptors (Lipinski definition) is 3. The Morgan fingerprint density at radius 3 is 2.59 bits per heavy atom. The fraction of sp³-hybridized carbons (Fsp3) is 0.545. The number of unbranched alkanes of at least 4 members (excludes halogenated alkanes) is 1. The van der Waals surface area contributed by atoms with Crippen LogP contribution in [0.5, 0.6) is 0 Å². The van der Waals surface area contributed by atoms with E-state index in [1.807, 2.05) is 6.92 Å². The highest BCUT2D eigenvalue weighted by atomic mass is 32.2. The zero-order valence-corrected chi connectivity index (χ0v) is 10.4. The molecule has 17 heavy (non-hydrogen) atoms. The Labute approximate surface area is 103 Å². The van der Waals surface area contributed by atoms with Gasteiger partial charge in [0.1, 0.15) is 10.7 Å². The van der Waals surface area contributed by atoms with Crippen LogP contribution in [0.1, 0.15) is 31.0 Å². The van der Waals surface area contributed by atoms with Crippen LogP contribution in [0.3, 0.4) is 0 Å². The molecule has 0 saturated heterocycles. The van der Waals surface area contributed by atoms with Crippen molar-refractivity contribution in [1.82, 2.24) is 4.98 Å². The molecular weight excluding hydrogens is 249 g/mol. The van der Waals surface area contributed by atoms with Crippen LogP contribution in [-0.2, 0) is 12.7 Å². The quantitative estimate of drug-likeness (QED) is 0.654. The van der Waals surface area contributed by atoms with Gasteiger partial charge in [-0.2, -0.15) is 13.2 Å². The van der Waals surface area contributed by atoms with Crippen molar-refractivity contribution in [2.24, 2.45) is 5.73 Å². The maximum absolute atomic E-state index is 12.5. The summed E-state index contributed by atoms with van der Waals surface area (Å²) < 4.78 is 37.5. The van der Waals surface area contributed by atoms with E-state index < -0.39 is 11.9 Å². The molecule has 0 bridgehead atoms. The van der Waals surface area contributed by atoms with E-state index in [1.54, 1.807) is 0 Å². The summed E-state index contributed by atoms with van der Waals surface area (Å²) in [5, 5.41) is 0.399. The average Bonchev–Trinajstić information content (AvgIpc) is 2.28. The zero-order chi connectivity index (χ0) is 12.9. The number of pyridine rings is 1. The third-order valence-corrected chi connectivity index (χ3v) is 3.31. The van der Waals surface area contributed by atoms with Gasteiger partial charge in [0.2, 0.25) is 0 Å². The highest BCUT2D eigenvalue weighted by Crippen LogP contribution is 2.31. The SMILES string of the molecule is CCCCSc1nc(C(F)(F)F)ccc1CN. The number of hydrogen-bond donors (Lipinski definition) is 1. The third kappa shape index (κ3) is 4.20. The Hall–Kier alpha value is -0.750. The molecule has 0 aliphatic carbocycles. The van der Waals surface area contributed by atoms with Crippen LogP contribution in [-0.4, -0.2) is 10.7 Å². The second-order valence-corrected chi connectivity index (χ2v) is 4.65. The number of nitrogens with two attached hydrogens (primary N) is 1. The van der Waals surface area contributed by atoms with E-state index in [-0.39, 0.29) is 6.54 Å². The first kappa shape index (κ1) is 14.3. The van der Waals surface area contributed by atoms with Crippen LogP contribution >= 0.6 is 11.8 Å². The molecule has 96 valence electrons. The van der Waals surface area contributed by atoms with E-state index in [0.717, 1.165) is 24.7 Å². The van der Waals surface area contributed by atoms with Gasteiger partial charge in [-0.1, -0.05) is 19.4 Å². The normalized spacial score (nSPS) is 11.8. The molecule has 6 heteroatoms. The van der Waals surface area contributed by atoms with Crippen molar-refractivity contribution in [3.63, 3.8) is 0 Å². The Morgan fingerprint density at radius 2 is 2.06 bits per heavy atom. The van der Waals surface area contributed by atoms with Gasteiger partial charge in [0.15, 0.2) is 0 Å². The van der Waals surface area contributed by atoms with Crippen molar-refractivity contribution in [2.45, 2.75) is 37.5 Å². The molecule has 1 aromatic heterocycles. The van der Waals surface area contributed by atoms with Gasteiger partial charge in [0.05, 0.1) is 0 Å². The van der Waals surface area contributed by atoms with Gasteiger partial charge >= 0.3 is 6.18 Å². The second kappa shape index (κ2) is 6.26. The molecule has 0 saturated carbocycles. The summed E-state index contributed by atoms with van der Waals surface area (Å²) in [6, 6.07) is 2.39. The molecule has 0 unspecified atom stereocenters. The smallest absolute Gasteiger partial charge is 0.326 e. The maximum Gasteiger partial charge on any atom is 0.433 e. The lowest BCUT2D eigenvalue weighted by Crippen LogP contribution is -2.10. The molecule has 0 aliphatic rings. The van der Waals surface area contributed by atoms with Crippen LogP contribution in [0.15, 0.2) is 17.2 Å². The third-order valence-electron chi connectivity index (χ3n) is 2.19. The standard InChI is InChI=1S/C11H15F3N2S/c1-2-3-6-17-10-8(7-15)4-5-9(16-10)11(12,13)14/h4-5H,2-3,6-7,15H2,1H3. The Morgan fingerprint density at radius 1 is 1.35 bits per heavy atom. The minimum atomic E-state index is -4.40. The monoisotopic (exact) mass is 264 g/mol. The molecule has 0 radical (unpaired) electrons. The van der Waals surface area contributed by atoms with E-state index in [9.17, 15) is 13.2 Å². The van der Waals surface area contributed by atoms with Crippen molar-refractivity contribution in [2.75, 3.05) is 5.75 Å². The minimum absolute atomic E-state index is 0.208. The summed E-state index contributed by atoms with van der Waals surface area (Å²) in [7, 11) is 0. The van der Waals surface area contributed by atoms with Crippen molar-refractivity contribution in [1.29, 1.82) is 0 Å². The van der Waals surface area contributed by atoms with Crippen molar-refractivity contribution in [3.8, 4) is 0 Å². The molecule has 0 spiro atoms. The molecule has 2 N–H and O–H groups in total. The molecule has 0 atom stereocenters. The van der Waals surface area contributed by atoms with Crippen molar-refractivity contribution in [3.05, 3.63) is 23.4 Å². The van der Waals surface area contributed by atoms with Gasteiger partial charge in [0, 0.05) is 6.54 Å². The van der Waals surface area contributed by atoms with Gasteiger partial charge in [0.25, 0.3) is 0 Å². The lowest BCUT2D eigenvalue weighted by molar-refractivity contribution is -0.141. The summed E-state index contributed by atoms with van der Waals surface area (Å²) >= 11 is 1.34. The van der Waals surface area contributed by atoms with E-state index in [4.69, 9.17) is 5.73 Å². The molecular formula is C11H15F3N2S. The van der Waals surface area contributed by atoms with Gasteiger partial charge < -0.3 is 5.73 Å². The average molecular weight is 264 g/mol. The van der Waals surface area contributed by atoms with Gasteiger partial charge in [-0.3, -0.25) is 0 Å². The summed E-state index contributed by atoms with van der Waals surface area (Å²) in [5.41, 5.74) is 5.29. The first-order chi connectivity index (χ1) is 7.99. The van der Waals surface area contributed by atoms with Crippen molar-refractivity contribution < 1.29 is 13.2 Å². The first-order valence-corrected chi connectivity index (χ1v) is 6.37. The van der Waals surface area contributed by atoms with Crippen LogP contribution in [0.4, 0.5) is 13.2 Å². The molecule has 1 heterocycles. The predicted molar refractivity (Wildman–Crippen MR) is 62.8 cm³/mol. The van der Waals surface area contributed by atoms with E-state index >= 15 is 0 Å². The fourth-order valence-corrected chi connectivity index (χ4v) is 2.35. The van der Waals surface area contributed by atoms with Crippen LogP contribution in [0, 0.1) is 0 Å². The summed E-state index contributed by atoms with van der Waals surface area (Å²) in [6.07, 6.45) is -2.44. The molecule has 0 aliphatic heterocycles. The Kier molecular flexibility index (Phi) is 5.27. The Bertz CT molecular complexity index is 366. The number of alkyl halides is 3. The predicted octanol–water partition coefficient (Wildman–Crippen LogP) is 3.45. The van der Waals surface area contributed by atoms with Crippen LogP contribution in [0.2, 0.25) is 0 Å². The minimum Gasteiger partial charge on any atom is -0.326 e. The Balaban J connectivity index is 2.90. The fourth-order valence-electron chi connectivity index (χ4n) is 1.22. The van der Waals surface area contributed by atoms with Gasteiger partial charge in [-0.25, -0.2) is 4.98 Å². The lowest BCUT2D eigenvalue weighted by Gasteiger charge is -2.10. The zero-order valence-electron chi connectivity index (χ0n) is 9.55. The van der Waals surface area contributed by atoms with Crippen molar-refractivity contribution >= 4 is 11.8 Å².